The Labute approximate surface area is 75.2 Å². The molecular formula is C8H8ClF2N. The second kappa shape index (κ2) is 3.37. The molecule has 0 spiro atoms. The van der Waals surface area contributed by atoms with Gasteiger partial charge in [0.1, 0.15) is 0 Å². The first kappa shape index (κ1) is 9.42. The summed E-state index contributed by atoms with van der Waals surface area (Å²) >= 11 is 0. The van der Waals surface area contributed by atoms with Crippen molar-refractivity contribution in [2.45, 2.75) is 13.1 Å². The van der Waals surface area contributed by atoms with Crippen LogP contribution in [0.25, 0.3) is 0 Å². The fraction of sp³-hybridized carbons (Fsp3) is 0.250. The molecule has 0 atom stereocenters. The fourth-order valence-corrected chi connectivity index (χ4v) is 1.29. The van der Waals surface area contributed by atoms with E-state index < -0.39 is 11.6 Å². The molecular weight excluding hydrogens is 184 g/mol. The van der Waals surface area contributed by atoms with Crippen LogP contribution in [0.3, 0.4) is 0 Å². The van der Waals surface area contributed by atoms with Crippen molar-refractivity contribution in [3.63, 3.8) is 0 Å². The Morgan fingerprint density at radius 2 is 1.42 bits per heavy atom. The zero-order valence-corrected chi connectivity index (χ0v) is 7.05. The van der Waals surface area contributed by atoms with Gasteiger partial charge in [-0.1, -0.05) is 0 Å². The number of benzene rings is 1. The largest absolute Gasteiger partial charge is 0.309 e. The first-order valence-electron chi connectivity index (χ1n) is 3.45. The summed E-state index contributed by atoms with van der Waals surface area (Å²) < 4.78 is 25.1. The van der Waals surface area contributed by atoms with E-state index in [-0.39, 0.29) is 12.4 Å². The molecule has 1 heterocycles. The molecule has 0 unspecified atom stereocenters. The summed E-state index contributed by atoms with van der Waals surface area (Å²) in [7, 11) is 0. The molecule has 1 aromatic rings. The van der Waals surface area contributed by atoms with E-state index in [4.69, 9.17) is 0 Å². The summed E-state index contributed by atoms with van der Waals surface area (Å²) in [4.78, 5) is 0. The minimum absolute atomic E-state index is 0. The Morgan fingerprint density at radius 3 is 1.83 bits per heavy atom. The average molecular weight is 192 g/mol. The van der Waals surface area contributed by atoms with Crippen LogP contribution >= 0.6 is 12.4 Å². The predicted molar refractivity (Wildman–Crippen MR) is 44.1 cm³/mol. The molecule has 0 aliphatic carbocycles. The lowest BCUT2D eigenvalue weighted by molar-refractivity contribution is 0.507. The molecule has 12 heavy (non-hydrogen) atoms. The van der Waals surface area contributed by atoms with Crippen molar-refractivity contribution in [1.82, 2.24) is 5.32 Å². The van der Waals surface area contributed by atoms with Gasteiger partial charge in [0.2, 0.25) is 0 Å². The normalized spacial score (nSPS) is 13.8. The molecule has 0 bridgehead atoms. The maximum absolute atomic E-state index is 12.6. The van der Waals surface area contributed by atoms with Crippen LogP contribution in [0.5, 0.6) is 0 Å². The maximum atomic E-state index is 12.6. The van der Waals surface area contributed by atoms with E-state index in [1.165, 1.54) is 12.1 Å². The summed E-state index contributed by atoms with van der Waals surface area (Å²) in [5.41, 5.74) is 1.73. The van der Waals surface area contributed by atoms with Crippen molar-refractivity contribution in [2.24, 2.45) is 0 Å². The van der Waals surface area contributed by atoms with Crippen molar-refractivity contribution in [1.29, 1.82) is 0 Å². The standard InChI is InChI=1S/C8H7F2N.ClH/c9-7-1-5-3-11-4-6(5)2-8(7)10;/h1-2,11H,3-4H2;1H. The van der Waals surface area contributed by atoms with Crippen LogP contribution in [0, 0.1) is 11.6 Å². The number of fused-ring (bicyclic) bond motifs is 1. The molecule has 1 aromatic carbocycles. The molecule has 1 aliphatic rings. The van der Waals surface area contributed by atoms with Gasteiger partial charge < -0.3 is 5.32 Å². The van der Waals surface area contributed by atoms with Crippen LogP contribution < -0.4 is 5.32 Å². The summed E-state index contributed by atoms with van der Waals surface area (Å²) in [5, 5.41) is 3.01. The number of hydrogen-bond acceptors (Lipinski definition) is 1. The van der Waals surface area contributed by atoms with Crippen molar-refractivity contribution in [3.05, 3.63) is 34.9 Å². The molecule has 1 N–H and O–H groups in total. The monoisotopic (exact) mass is 191 g/mol. The summed E-state index contributed by atoms with van der Waals surface area (Å²) in [5.74, 6) is -1.51. The van der Waals surface area contributed by atoms with Gasteiger partial charge in [-0.3, -0.25) is 0 Å². The molecule has 1 aliphatic heterocycles. The summed E-state index contributed by atoms with van der Waals surface area (Å²) in [6.45, 7) is 1.29. The van der Waals surface area contributed by atoms with Gasteiger partial charge >= 0.3 is 0 Å². The van der Waals surface area contributed by atoms with E-state index in [0.29, 0.717) is 13.1 Å². The molecule has 2 rings (SSSR count). The highest BCUT2D eigenvalue weighted by Gasteiger charge is 2.13. The second-order valence-electron chi connectivity index (χ2n) is 2.64. The number of nitrogens with one attached hydrogen (secondary N) is 1. The Hall–Kier alpha value is -0.670. The zero-order chi connectivity index (χ0) is 7.84. The highest BCUT2D eigenvalue weighted by Crippen LogP contribution is 2.18. The van der Waals surface area contributed by atoms with Crippen LogP contribution in [0.1, 0.15) is 11.1 Å². The molecule has 0 saturated carbocycles. The number of rotatable bonds is 0. The third-order valence-electron chi connectivity index (χ3n) is 1.87. The van der Waals surface area contributed by atoms with Gasteiger partial charge in [0.15, 0.2) is 11.6 Å². The highest BCUT2D eigenvalue weighted by molar-refractivity contribution is 5.85. The van der Waals surface area contributed by atoms with Crippen LogP contribution in [-0.4, -0.2) is 0 Å². The van der Waals surface area contributed by atoms with Crippen molar-refractivity contribution >= 4 is 12.4 Å². The van der Waals surface area contributed by atoms with Gasteiger partial charge in [0, 0.05) is 13.1 Å². The van der Waals surface area contributed by atoms with Gasteiger partial charge in [0.25, 0.3) is 0 Å². The van der Waals surface area contributed by atoms with Crippen LogP contribution in [0.2, 0.25) is 0 Å². The first-order chi connectivity index (χ1) is 5.27. The zero-order valence-electron chi connectivity index (χ0n) is 6.23. The van der Waals surface area contributed by atoms with Crippen molar-refractivity contribution < 1.29 is 8.78 Å². The number of halogens is 3. The molecule has 4 heteroatoms. The lowest BCUT2D eigenvalue weighted by atomic mass is 10.1. The molecule has 1 nitrogen and oxygen atoms in total. The van der Waals surface area contributed by atoms with E-state index in [9.17, 15) is 8.78 Å². The van der Waals surface area contributed by atoms with Gasteiger partial charge in [-0.2, -0.15) is 0 Å². The van der Waals surface area contributed by atoms with Gasteiger partial charge in [-0.15, -0.1) is 12.4 Å². The third-order valence-corrected chi connectivity index (χ3v) is 1.87. The fourth-order valence-electron chi connectivity index (χ4n) is 1.29. The maximum Gasteiger partial charge on any atom is 0.159 e. The third kappa shape index (κ3) is 1.42. The molecule has 0 amide bonds. The van der Waals surface area contributed by atoms with Crippen LogP contribution in [0.4, 0.5) is 8.78 Å². The van der Waals surface area contributed by atoms with E-state index >= 15 is 0 Å². The molecule has 66 valence electrons. The SMILES string of the molecule is Cl.Fc1cc2c(cc1F)CNC2. The van der Waals surface area contributed by atoms with Crippen molar-refractivity contribution in [2.75, 3.05) is 0 Å². The van der Waals surface area contributed by atoms with Gasteiger partial charge in [0.05, 0.1) is 0 Å². The Morgan fingerprint density at radius 1 is 1.00 bits per heavy atom. The Bertz CT molecular complexity index is 272. The van der Waals surface area contributed by atoms with Crippen LogP contribution in [0.15, 0.2) is 12.1 Å². The second-order valence-corrected chi connectivity index (χ2v) is 2.64. The minimum Gasteiger partial charge on any atom is -0.309 e. The van der Waals surface area contributed by atoms with Gasteiger partial charge in [-0.05, 0) is 23.3 Å². The van der Waals surface area contributed by atoms with Crippen LogP contribution in [-0.2, 0) is 13.1 Å². The van der Waals surface area contributed by atoms with Gasteiger partial charge in [-0.25, -0.2) is 8.78 Å². The molecule has 0 saturated heterocycles. The lowest BCUT2D eigenvalue weighted by Crippen LogP contribution is -1.99. The average Bonchev–Trinajstić information content (AvgIpc) is 2.36. The first-order valence-corrected chi connectivity index (χ1v) is 3.45. The minimum atomic E-state index is -0.757. The predicted octanol–water partition coefficient (Wildman–Crippen LogP) is 1.99. The van der Waals surface area contributed by atoms with E-state index in [2.05, 4.69) is 5.32 Å². The van der Waals surface area contributed by atoms with E-state index in [1.807, 2.05) is 0 Å². The molecule has 0 radical (unpaired) electrons. The highest BCUT2D eigenvalue weighted by atomic mass is 35.5. The van der Waals surface area contributed by atoms with E-state index in [1.54, 1.807) is 0 Å². The quantitative estimate of drug-likeness (QED) is 0.662. The van der Waals surface area contributed by atoms with E-state index in [0.717, 1.165) is 11.1 Å². The smallest absolute Gasteiger partial charge is 0.159 e. The topological polar surface area (TPSA) is 12.0 Å². The summed E-state index contributed by atoms with van der Waals surface area (Å²) in [6.07, 6.45) is 0. The number of hydrogen-bond donors (Lipinski definition) is 1. The Balaban J connectivity index is 0.000000720. The molecule has 0 aromatic heterocycles. The molecule has 0 fully saturated rings. The Kier molecular flexibility index (Phi) is 2.65. The summed E-state index contributed by atoms with van der Waals surface area (Å²) in [6, 6.07) is 2.51. The van der Waals surface area contributed by atoms with Crippen molar-refractivity contribution in [3.8, 4) is 0 Å². The lowest BCUT2D eigenvalue weighted by Gasteiger charge is -1.97.